The maximum Gasteiger partial charge on any atom is 0.133 e. The monoisotopic (exact) mass is 269 g/mol. The highest BCUT2D eigenvalue weighted by Gasteiger charge is 2.26. The molecule has 0 radical (unpaired) electrons. The maximum atomic E-state index is 4.33. The molecular formula is C11H16BrN3. The van der Waals surface area contributed by atoms with Crippen molar-refractivity contribution in [3.63, 3.8) is 0 Å². The summed E-state index contributed by atoms with van der Waals surface area (Å²) >= 11 is 3.38. The Hall–Kier alpha value is -0.640. The normalized spacial score (nSPS) is 15.7. The number of hydrogen-bond donors (Lipinski definition) is 0. The van der Waals surface area contributed by atoms with Crippen LogP contribution in [0.4, 0.5) is 5.82 Å². The molecule has 0 saturated heterocycles. The van der Waals surface area contributed by atoms with Gasteiger partial charge < -0.3 is 4.90 Å². The summed E-state index contributed by atoms with van der Waals surface area (Å²) in [5.41, 5.74) is 0. The van der Waals surface area contributed by atoms with Gasteiger partial charge in [-0.15, -0.1) is 0 Å². The van der Waals surface area contributed by atoms with E-state index >= 15 is 0 Å². The van der Waals surface area contributed by atoms with Crippen LogP contribution in [0.25, 0.3) is 0 Å². The third kappa shape index (κ3) is 2.91. The van der Waals surface area contributed by atoms with E-state index in [1.54, 1.807) is 6.33 Å². The highest BCUT2D eigenvalue weighted by molar-refractivity contribution is 9.10. The van der Waals surface area contributed by atoms with Crippen molar-refractivity contribution in [1.82, 2.24) is 9.97 Å². The molecule has 0 bridgehead atoms. The highest BCUT2D eigenvalue weighted by Crippen LogP contribution is 2.32. The number of halogens is 1. The van der Waals surface area contributed by atoms with Crippen molar-refractivity contribution in [3.05, 3.63) is 17.0 Å². The third-order valence-electron chi connectivity index (χ3n) is 2.69. The summed E-state index contributed by atoms with van der Waals surface area (Å²) in [4.78, 5) is 10.7. The Morgan fingerprint density at radius 3 is 2.73 bits per heavy atom. The molecule has 1 heterocycles. The predicted molar refractivity (Wildman–Crippen MR) is 64.9 cm³/mol. The van der Waals surface area contributed by atoms with E-state index in [-0.39, 0.29) is 0 Å². The van der Waals surface area contributed by atoms with Crippen molar-refractivity contribution in [2.75, 3.05) is 11.4 Å². The topological polar surface area (TPSA) is 29.0 Å². The maximum absolute atomic E-state index is 4.33. The standard InChI is InChI=1S/C11H16BrN3/c1-8(2)15(6-9-3-4-9)11-5-10(12)13-7-14-11/h5,7-9H,3-4,6H2,1-2H3. The van der Waals surface area contributed by atoms with Crippen LogP contribution in [0.5, 0.6) is 0 Å². The molecular weight excluding hydrogens is 254 g/mol. The highest BCUT2D eigenvalue weighted by atomic mass is 79.9. The molecule has 82 valence electrons. The van der Waals surface area contributed by atoms with Crippen molar-refractivity contribution in [2.24, 2.45) is 5.92 Å². The average Bonchev–Trinajstić information content (AvgIpc) is 2.97. The molecule has 1 aliphatic rings. The van der Waals surface area contributed by atoms with Gasteiger partial charge in [0.05, 0.1) is 0 Å². The molecule has 0 unspecified atom stereocenters. The van der Waals surface area contributed by atoms with E-state index in [0.717, 1.165) is 22.9 Å². The van der Waals surface area contributed by atoms with E-state index in [0.29, 0.717) is 6.04 Å². The van der Waals surface area contributed by atoms with E-state index in [9.17, 15) is 0 Å². The molecule has 1 aliphatic carbocycles. The van der Waals surface area contributed by atoms with Crippen LogP contribution in [0.3, 0.4) is 0 Å². The largest absolute Gasteiger partial charge is 0.354 e. The van der Waals surface area contributed by atoms with Crippen LogP contribution in [0.2, 0.25) is 0 Å². The van der Waals surface area contributed by atoms with Crippen LogP contribution < -0.4 is 4.90 Å². The van der Waals surface area contributed by atoms with Gasteiger partial charge in [0.2, 0.25) is 0 Å². The summed E-state index contributed by atoms with van der Waals surface area (Å²) in [6.45, 7) is 5.54. The summed E-state index contributed by atoms with van der Waals surface area (Å²) < 4.78 is 0.856. The molecule has 3 nitrogen and oxygen atoms in total. The van der Waals surface area contributed by atoms with Gasteiger partial charge in [-0.3, -0.25) is 0 Å². The number of aromatic nitrogens is 2. The second-order valence-electron chi connectivity index (χ2n) is 4.39. The van der Waals surface area contributed by atoms with Gasteiger partial charge in [-0.05, 0) is 48.5 Å². The molecule has 2 rings (SSSR count). The third-order valence-corrected chi connectivity index (χ3v) is 3.12. The molecule has 15 heavy (non-hydrogen) atoms. The molecule has 1 fully saturated rings. The van der Waals surface area contributed by atoms with E-state index in [1.165, 1.54) is 12.8 Å². The molecule has 0 atom stereocenters. The quantitative estimate of drug-likeness (QED) is 0.788. The van der Waals surface area contributed by atoms with Crippen LogP contribution >= 0.6 is 15.9 Å². The number of nitrogens with zero attached hydrogens (tertiary/aromatic N) is 3. The van der Waals surface area contributed by atoms with E-state index in [1.807, 2.05) is 6.07 Å². The fourth-order valence-corrected chi connectivity index (χ4v) is 1.93. The van der Waals surface area contributed by atoms with Crippen LogP contribution in [0, 0.1) is 5.92 Å². The lowest BCUT2D eigenvalue weighted by Crippen LogP contribution is -2.33. The Morgan fingerprint density at radius 2 is 2.20 bits per heavy atom. The van der Waals surface area contributed by atoms with E-state index < -0.39 is 0 Å². The van der Waals surface area contributed by atoms with Crippen molar-refractivity contribution in [3.8, 4) is 0 Å². The Kier molecular flexibility index (Phi) is 3.24. The zero-order valence-corrected chi connectivity index (χ0v) is 10.7. The first-order valence-corrected chi connectivity index (χ1v) is 6.20. The first kappa shape index (κ1) is 10.9. The fraction of sp³-hybridized carbons (Fsp3) is 0.636. The molecule has 1 aromatic heterocycles. The predicted octanol–water partition coefficient (Wildman–Crippen LogP) is 2.86. The molecule has 1 saturated carbocycles. The number of hydrogen-bond acceptors (Lipinski definition) is 3. The molecule has 4 heteroatoms. The Labute approximate surface area is 99.0 Å². The lowest BCUT2D eigenvalue weighted by Gasteiger charge is -2.27. The fourth-order valence-electron chi connectivity index (χ4n) is 1.63. The molecule has 0 aliphatic heterocycles. The minimum atomic E-state index is 0.493. The zero-order chi connectivity index (χ0) is 10.8. The van der Waals surface area contributed by atoms with Gasteiger partial charge in [0.15, 0.2) is 0 Å². The van der Waals surface area contributed by atoms with Gasteiger partial charge in [-0.2, -0.15) is 0 Å². The Balaban J connectivity index is 2.15. The summed E-state index contributed by atoms with van der Waals surface area (Å²) in [6.07, 6.45) is 4.35. The Morgan fingerprint density at radius 1 is 1.47 bits per heavy atom. The van der Waals surface area contributed by atoms with Gasteiger partial charge in [0.1, 0.15) is 16.7 Å². The van der Waals surface area contributed by atoms with Crippen LogP contribution in [-0.2, 0) is 0 Å². The number of anilines is 1. The van der Waals surface area contributed by atoms with E-state index in [4.69, 9.17) is 0 Å². The summed E-state index contributed by atoms with van der Waals surface area (Å²) in [5.74, 6) is 1.90. The second-order valence-corrected chi connectivity index (χ2v) is 5.20. The first-order valence-electron chi connectivity index (χ1n) is 5.41. The van der Waals surface area contributed by atoms with Crippen LogP contribution in [0.1, 0.15) is 26.7 Å². The molecule has 0 spiro atoms. The SMILES string of the molecule is CC(C)N(CC1CC1)c1cc(Br)ncn1. The minimum absolute atomic E-state index is 0.493. The van der Waals surface area contributed by atoms with Crippen molar-refractivity contribution in [1.29, 1.82) is 0 Å². The summed E-state index contributed by atoms with van der Waals surface area (Å²) in [5, 5.41) is 0. The zero-order valence-electron chi connectivity index (χ0n) is 9.15. The Bertz CT molecular complexity index is 336. The van der Waals surface area contributed by atoms with Crippen molar-refractivity contribution >= 4 is 21.7 Å². The van der Waals surface area contributed by atoms with Gasteiger partial charge in [0, 0.05) is 18.7 Å². The first-order chi connectivity index (χ1) is 7.16. The summed E-state index contributed by atoms with van der Waals surface area (Å²) in [6, 6.07) is 2.48. The minimum Gasteiger partial charge on any atom is -0.354 e. The van der Waals surface area contributed by atoms with E-state index in [2.05, 4.69) is 44.6 Å². The van der Waals surface area contributed by atoms with Crippen molar-refractivity contribution < 1.29 is 0 Å². The van der Waals surface area contributed by atoms with Crippen LogP contribution in [0.15, 0.2) is 17.0 Å². The number of rotatable bonds is 4. The lowest BCUT2D eigenvalue weighted by atomic mass is 10.2. The second kappa shape index (κ2) is 4.47. The van der Waals surface area contributed by atoms with Gasteiger partial charge in [-0.25, -0.2) is 9.97 Å². The van der Waals surface area contributed by atoms with Gasteiger partial charge in [0.25, 0.3) is 0 Å². The van der Waals surface area contributed by atoms with Crippen molar-refractivity contribution in [2.45, 2.75) is 32.7 Å². The molecule has 0 N–H and O–H groups in total. The van der Waals surface area contributed by atoms with Gasteiger partial charge in [-0.1, -0.05) is 0 Å². The smallest absolute Gasteiger partial charge is 0.133 e. The summed E-state index contributed by atoms with van der Waals surface area (Å²) in [7, 11) is 0. The average molecular weight is 270 g/mol. The van der Waals surface area contributed by atoms with Crippen LogP contribution in [-0.4, -0.2) is 22.6 Å². The molecule has 0 amide bonds. The van der Waals surface area contributed by atoms with Gasteiger partial charge >= 0.3 is 0 Å². The lowest BCUT2D eigenvalue weighted by molar-refractivity contribution is 0.635. The molecule has 1 aromatic rings. The molecule has 0 aromatic carbocycles.